The smallest absolute Gasteiger partial charge is 0.410 e. The second-order valence-electron chi connectivity index (χ2n) is 6.66. The predicted octanol–water partition coefficient (Wildman–Crippen LogP) is 2.26. The molecule has 0 unspecified atom stereocenters. The molecule has 1 N–H and O–H groups in total. The van der Waals surface area contributed by atoms with Crippen LogP contribution in [0.3, 0.4) is 0 Å². The van der Waals surface area contributed by atoms with Gasteiger partial charge in [-0.05, 0) is 57.8 Å². The first-order chi connectivity index (χ1) is 8.40. The second-order valence-corrected chi connectivity index (χ2v) is 6.66. The van der Waals surface area contributed by atoms with Gasteiger partial charge < -0.3 is 14.7 Å². The molecule has 4 nitrogen and oxygen atoms in total. The van der Waals surface area contributed by atoms with Gasteiger partial charge >= 0.3 is 6.09 Å². The standard InChI is InChI=1S/C14H25NO3/c1-14(2,3)18-13(17)15-7-6-10-4-5-11(9-16)12(10)8-15/h10-12,16H,4-9H2,1-3H3/t10-,11-,12+/m0/s1. The minimum Gasteiger partial charge on any atom is -0.444 e. The topological polar surface area (TPSA) is 49.8 Å². The van der Waals surface area contributed by atoms with Gasteiger partial charge in [-0.3, -0.25) is 0 Å². The first kappa shape index (κ1) is 13.7. The molecule has 1 aliphatic carbocycles. The summed E-state index contributed by atoms with van der Waals surface area (Å²) in [6.45, 7) is 7.49. The molecule has 0 aromatic rings. The number of fused-ring (bicyclic) bond motifs is 1. The summed E-state index contributed by atoms with van der Waals surface area (Å²) < 4.78 is 5.42. The molecule has 104 valence electrons. The Balaban J connectivity index is 1.94. The number of aliphatic hydroxyl groups excluding tert-OH is 1. The van der Waals surface area contributed by atoms with Gasteiger partial charge in [0.2, 0.25) is 0 Å². The number of ether oxygens (including phenoxy) is 1. The lowest BCUT2D eigenvalue weighted by molar-refractivity contribution is 0.00742. The number of likely N-dealkylation sites (tertiary alicyclic amines) is 1. The lowest BCUT2D eigenvalue weighted by Crippen LogP contribution is -2.46. The van der Waals surface area contributed by atoms with E-state index in [0.29, 0.717) is 17.8 Å². The molecule has 1 saturated heterocycles. The van der Waals surface area contributed by atoms with E-state index in [1.54, 1.807) is 0 Å². The van der Waals surface area contributed by atoms with Crippen LogP contribution in [-0.4, -0.2) is 41.4 Å². The molecule has 0 bridgehead atoms. The Labute approximate surface area is 109 Å². The molecule has 0 radical (unpaired) electrons. The normalized spacial score (nSPS) is 32.2. The van der Waals surface area contributed by atoms with Crippen molar-refractivity contribution in [1.82, 2.24) is 4.90 Å². The van der Waals surface area contributed by atoms with E-state index in [-0.39, 0.29) is 12.7 Å². The summed E-state index contributed by atoms with van der Waals surface area (Å²) >= 11 is 0. The fourth-order valence-corrected chi connectivity index (χ4v) is 3.28. The Morgan fingerprint density at radius 1 is 1.33 bits per heavy atom. The zero-order chi connectivity index (χ0) is 13.3. The van der Waals surface area contributed by atoms with Crippen molar-refractivity contribution in [2.75, 3.05) is 19.7 Å². The third kappa shape index (κ3) is 2.97. The highest BCUT2D eigenvalue weighted by Crippen LogP contribution is 2.42. The summed E-state index contributed by atoms with van der Waals surface area (Å²) in [6.07, 6.45) is 3.16. The maximum absolute atomic E-state index is 12.0. The highest BCUT2D eigenvalue weighted by atomic mass is 16.6. The molecule has 0 aromatic heterocycles. The van der Waals surface area contributed by atoms with Gasteiger partial charge in [-0.25, -0.2) is 4.79 Å². The molecule has 3 atom stereocenters. The lowest BCUT2D eigenvalue weighted by Gasteiger charge is -2.37. The molecule has 1 heterocycles. The van der Waals surface area contributed by atoms with Crippen molar-refractivity contribution >= 4 is 6.09 Å². The van der Waals surface area contributed by atoms with Gasteiger partial charge in [-0.2, -0.15) is 0 Å². The Kier molecular flexibility index (Phi) is 3.85. The van der Waals surface area contributed by atoms with Crippen LogP contribution >= 0.6 is 0 Å². The molecule has 1 saturated carbocycles. The number of rotatable bonds is 1. The minimum atomic E-state index is -0.431. The number of amides is 1. The first-order valence-corrected chi connectivity index (χ1v) is 6.99. The summed E-state index contributed by atoms with van der Waals surface area (Å²) in [7, 11) is 0. The molecule has 1 aliphatic heterocycles. The summed E-state index contributed by atoms with van der Waals surface area (Å²) in [6, 6.07) is 0. The van der Waals surface area contributed by atoms with Crippen LogP contribution in [0.1, 0.15) is 40.0 Å². The van der Waals surface area contributed by atoms with Crippen molar-refractivity contribution in [2.24, 2.45) is 17.8 Å². The van der Waals surface area contributed by atoms with Crippen molar-refractivity contribution < 1.29 is 14.6 Å². The number of aliphatic hydroxyl groups is 1. The van der Waals surface area contributed by atoms with Crippen LogP contribution in [0, 0.1) is 17.8 Å². The van der Waals surface area contributed by atoms with Gasteiger partial charge in [0.1, 0.15) is 5.60 Å². The van der Waals surface area contributed by atoms with E-state index < -0.39 is 5.60 Å². The zero-order valence-electron chi connectivity index (χ0n) is 11.7. The van der Waals surface area contributed by atoms with E-state index in [1.807, 2.05) is 25.7 Å². The van der Waals surface area contributed by atoms with Crippen molar-refractivity contribution in [1.29, 1.82) is 0 Å². The van der Waals surface area contributed by atoms with Gasteiger partial charge in [-0.15, -0.1) is 0 Å². The summed E-state index contributed by atoms with van der Waals surface area (Å²) in [5.41, 5.74) is -0.431. The molecule has 1 amide bonds. The average molecular weight is 255 g/mol. The third-order valence-electron chi connectivity index (χ3n) is 4.21. The maximum atomic E-state index is 12.0. The fraction of sp³-hybridized carbons (Fsp3) is 0.929. The summed E-state index contributed by atoms with van der Waals surface area (Å²) in [5.74, 6) is 1.54. The largest absolute Gasteiger partial charge is 0.444 e. The predicted molar refractivity (Wildman–Crippen MR) is 69.2 cm³/mol. The summed E-state index contributed by atoms with van der Waals surface area (Å²) in [4.78, 5) is 13.9. The maximum Gasteiger partial charge on any atom is 0.410 e. The number of carbonyl (C=O) groups is 1. The Bertz CT molecular complexity index is 305. The molecule has 4 heteroatoms. The molecule has 18 heavy (non-hydrogen) atoms. The molecule has 2 fully saturated rings. The van der Waals surface area contributed by atoms with Gasteiger partial charge in [0.15, 0.2) is 0 Å². The molecular weight excluding hydrogens is 230 g/mol. The Morgan fingerprint density at radius 3 is 2.67 bits per heavy atom. The first-order valence-electron chi connectivity index (χ1n) is 6.99. The van der Waals surface area contributed by atoms with Crippen LogP contribution in [0.2, 0.25) is 0 Å². The van der Waals surface area contributed by atoms with E-state index in [0.717, 1.165) is 25.9 Å². The number of piperidine rings is 1. The SMILES string of the molecule is CC(C)(C)OC(=O)N1CC[C@@H]2CC[C@@H](CO)[C@@H]2C1. The number of hydrogen-bond donors (Lipinski definition) is 1. The molecule has 0 spiro atoms. The van der Waals surface area contributed by atoms with Crippen LogP contribution in [-0.2, 0) is 4.74 Å². The lowest BCUT2D eigenvalue weighted by atomic mass is 9.84. The molecule has 2 rings (SSSR count). The van der Waals surface area contributed by atoms with Crippen LogP contribution in [0.25, 0.3) is 0 Å². The van der Waals surface area contributed by atoms with E-state index in [4.69, 9.17) is 4.74 Å². The molecule has 2 aliphatic rings. The van der Waals surface area contributed by atoms with Gasteiger partial charge in [-0.1, -0.05) is 0 Å². The number of hydrogen-bond acceptors (Lipinski definition) is 3. The Morgan fingerprint density at radius 2 is 2.06 bits per heavy atom. The summed E-state index contributed by atoms with van der Waals surface area (Å²) in [5, 5.41) is 9.38. The molecular formula is C14H25NO3. The van der Waals surface area contributed by atoms with Crippen molar-refractivity contribution in [3.05, 3.63) is 0 Å². The van der Waals surface area contributed by atoms with Crippen molar-refractivity contribution in [2.45, 2.75) is 45.6 Å². The third-order valence-corrected chi connectivity index (χ3v) is 4.21. The monoisotopic (exact) mass is 255 g/mol. The minimum absolute atomic E-state index is 0.204. The number of carbonyl (C=O) groups excluding carboxylic acids is 1. The van der Waals surface area contributed by atoms with Crippen molar-refractivity contribution in [3.8, 4) is 0 Å². The van der Waals surface area contributed by atoms with Crippen LogP contribution in [0.15, 0.2) is 0 Å². The Hall–Kier alpha value is -0.770. The van der Waals surface area contributed by atoms with Gasteiger partial charge in [0.05, 0.1) is 0 Å². The van der Waals surface area contributed by atoms with E-state index in [1.165, 1.54) is 6.42 Å². The van der Waals surface area contributed by atoms with E-state index in [9.17, 15) is 9.90 Å². The second kappa shape index (κ2) is 5.08. The van der Waals surface area contributed by atoms with Gasteiger partial charge in [0.25, 0.3) is 0 Å². The van der Waals surface area contributed by atoms with Crippen molar-refractivity contribution in [3.63, 3.8) is 0 Å². The highest BCUT2D eigenvalue weighted by molar-refractivity contribution is 5.68. The van der Waals surface area contributed by atoms with E-state index >= 15 is 0 Å². The average Bonchev–Trinajstić information content (AvgIpc) is 2.68. The van der Waals surface area contributed by atoms with Crippen LogP contribution in [0.5, 0.6) is 0 Å². The molecule has 0 aromatic carbocycles. The van der Waals surface area contributed by atoms with Crippen LogP contribution < -0.4 is 0 Å². The highest BCUT2D eigenvalue weighted by Gasteiger charge is 2.41. The van der Waals surface area contributed by atoms with E-state index in [2.05, 4.69) is 0 Å². The number of nitrogens with zero attached hydrogens (tertiary/aromatic N) is 1. The zero-order valence-corrected chi connectivity index (χ0v) is 11.7. The fourth-order valence-electron chi connectivity index (χ4n) is 3.28. The van der Waals surface area contributed by atoms with Crippen LogP contribution in [0.4, 0.5) is 4.79 Å². The van der Waals surface area contributed by atoms with Gasteiger partial charge in [0, 0.05) is 19.7 Å². The quantitative estimate of drug-likeness (QED) is 0.782.